The Kier molecular flexibility index (Phi) is 7.72. The zero-order chi connectivity index (χ0) is 19.1. The van der Waals surface area contributed by atoms with E-state index in [2.05, 4.69) is 46.6 Å². The van der Waals surface area contributed by atoms with Crippen molar-refractivity contribution in [3.05, 3.63) is 52.4 Å². The highest BCUT2D eigenvalue weighted by molar-refractivity contribution is 7.99. The summed E-state index contributed by atoms with van der Waals surface area (Å²) in [6.45, 7) is 6.58. The van der Waals surface area contributed by atoms with Crippen LogP contribution in [0.5, 0.6) is 0 Å². The lowest BCUT2D eigenvalue weighted by atomic mass is 10.0. The molecule has 2 rings (SSSR count). The molecule has 1 aromatic carbocycles. The summed E-state index contributed by atoms with van der Waals surface area (Å²) in [7, 11) is 4.08. The lowest BCUT2D eigenvalue weighted by Gasteiger charge is -2.25. The van der Waals surface area contributed by atoms with Crippen molar-refractivity contribution in [3.63, 3.8) is 0 Å². The molecule has 1 heterocycles. The fourth-order valence-corrected chi connectivity index (χ4v) is 3.80. The molecule has 0 bridgehead atoms. The van der Waals surface area contributed by atoms with Crippen molar-refractivity contribution in [2.24, 2.45) is 0 Å². The quantitative estimate of drug-likeness (QED) is 0.727. The van der Waals surface area contributed by atoms with Gasteiger partial charge in [0.1, 0.15) is 5.76 Å². The first-order valence-corrected chi connectivity index (χ1v) is 10.1. The first-order chi connectivity index (χ1) is 12.4. The van der Waals surface area contributed by atoms with E-state index in [0.717, 1.165) is 29.2 Å². The number of rotatable bonds is 9. The van der Waals surface area contributed by atoms with Crippen LogP contribution in [0.15, 0.2) is 28.8 Å². The molecular formula is C20H29N3O2S. The Bertz CT molecular complexity index is 691. The van der Waals surface area contributed by atoms with E-state index in [1.165, 1.54) is 11.1 Å². The summed E-state index contributed by atoms with van der Waals surface area (Å²) < 4.78 is 5.15. The molecule has 0 saturated carbocycles. The van der Waals surface area contributed by atoms with Gasteiger partial charge in [-0.15, -0.1) is 11.8 Å². The molecule has 6 heteroatoms. The number of hydrogen-bond acceptors (Lipinski definition) is 5. The van der Waals surface area contributed by atoms with Crippen LogP contribution in [0.2, 0.25) is 0 Å². The zero-order valence-electron chi connectivity index (χ0n) is 16.3. The van der Waals surface area contributed by atoms with Crippen LogP contribution in [-0.2, 0) is 17.0 Å². The van der Waals surface area contributed by atoms with Crippen molar-refractivity contribution in [1.29, 1.82) is 0 Å². The average molecular weight is 376 g/mol. The second-order valence-corrected chi connectivity index (χ2v) is 7.66. The molecule has 1 N–H and O–H groups in total. The van der Waals surface area contributed by atoms with Gasteiger partial charge in [-0.05, 0) is 45.5 Å². The number of benzene rings is 1. The molecule has 2 aromatic rings. The lowest BCUT2D eigenvalue weighted by Crippen LogP contribution is -2.35. The van der Waals surface area contributed by atoms with E-state index in [1.54, 1.807) is 11.8 Å². The second-order valence-electron chi connectivity index (χ2n) is 6.67. The molecule has 1 atom stereocenters. The Labute approximate surface area is 160 Å². The van der Waals surface area contributed by atoms with E-state index >= 15 is 0 Å². The van der Waals surface area contributed by atoms with Crippen molar-refractivity contribution in [2.75, 3.05) is 26.4 Å². The number of likely N-dealkylation sites (N-methyl/N-ethyl adjacent to an activating group) is 1. The standard InChI is InChI=1S/C20H29N3O2S/c1-6-16-7-9-17(10-8-16)19(23(4)5)11-21-20(24)13-26-12-18-14(2)22-25-15(18)3/h7-10,19H,6,11-13H2,1-5H3,(H,21,24). The minimum absolute atomic E-state index is 0.0544. The normalized spacial score (nSPS) is 12.4. The van der Waals surface area contributed by atoms with Crippen LogP contribution in [0.4, 0.5) is 0 Å². The van der Waals surface area contributed by atoms with Gasteiger partial charge in [0.25, 0.3) is 0 Å². The fraction of sp³-hybridized carbons (Fsp3) is 0.500. The van der Waals surface area contributed by atoms with Gasteiger partial charge in [0, 0.05) is 17.9 Å². The first kappa shape index (κ1) is 20.5. The minimum atomic E-state index is 0.0544. The number of aryl methyl sites for hydroxylation is 3. The van der Waals surface area contributed by atoms with E-state index in [4.69, 9.17) is 4.52 Å². The third kappa shape index (κ3) is 5.61. The number of aromatic nitrogens is 1. The maximum absolute atomic E-state index is 12.2. The van der Waals surface area contributed by atoms with Gasteiger partial charge in [-0.1, -0.05) is 36.3 Å². The van der Waals surface area contributed by atoms with E-state index in [1.807, 2.05) is 27.9 Å². The largest absolute Gasteiger partial charge is 0.361 e. The molecule has 0 saturated heterocycles. The van der Waals surface area contributed by atoms with Crippen LogP contribution < -0.4 is 5.32 Å². The molecule has 5 nitrogen and oxygen atoms in total. The van der Waals surface area contributed by atoms with Crippen molar-refractivity contribution in [1.82, 2.24) is 15.4 Å². The predicted octanol–water partition coefficient (Wildman–Crippen LogP) is 3.51. The van der Waals surface area contributed by atoms with Gasteiger partial charge >= 0.3 is 0 Å². The molecule has 1 aromatic heterocycles. The smallest absolute Gasteiger partial charge is 0.230 e. The topological polar surface area (TPSA) is 58.4 Å². The van der Waals surface area contributed by atoms with Crippen LogP contribution in [0, 0.1) is 13.8 Å². The average Bonchev–Trinajstić information content (AvgIpc) is 2.94. The highest BCUT2D eigenvalue weighted by Gasteiger charge is 2.16. The second kappa shape index (κ2) is 9.78. The zero-order valence-corrected chi connectivity index (χ0v) is 17.2. The molecule has 0 aliphatic rings. The van der Waals surface area contributed by atoms with Crippen molar-refractivity contribution in [3.8, 4) is 0 Å². The number of thioether (sulfide) groups is 1. The summed E-state index contributed by atoms with van der Waals surface area (Å²) >= 11 is 1.58. The summed E-state index contributed by atoms with van der Waals surface area (Å²) in [4.78, 5) is 14.3. The van der Waals surface area contributed by atoms with E-state index < -0.39 is 0 Å². The summed E-state index contributed by atoms with van der Waals surface area (Å²) in [5.74, 6) is 2.06. The van der Waals surface area contributed by atoms with Crippen LogP contribution in [0.1, 0.15) is 41.1 Å². The Balaban J connectivity index is 1.83. The van der Waals surface area contributed by atoms with Crippen LogP contribution in [-0.4, -0.2) is 42.4 Å². The van der Waals surface area contributed by atoms with Crippen molar-refractivity contribution >= 4 is 17.7 Å². The summed E-state index contributed by atoms with van der Waals surface area (Å²) in [5.41, 5.74) is 4.53. The van der Waals surface area contributed by atoms with Gasteiger partial charge in [0.15, 0.2) is 0 Å². The number of amides is 1. The Hall–Kier alpha value is -1.79. The van der Waals surface area contributed by atoms with Gasteiger partial charge in [-0.3, -0.25) is 4.79 Å². The molecular weight excluding hydrogens is 346 g/mol. The third-order valence-corrected chi connectivity index (χ3v) is 5.51. The van der Waals surface area contributed by atoms with Crippen LogP contribution >= 0.6 is 11.8 Å². The van der Waals surface area contributed by atoms with Gasteiger partial charge in [0.2, 0.25) is 5.91 Å². The molecule has 1 amide bonds. The molecule has 0 spiro atoms. The van der Waals surface area contributed by atoms with Crippen LogP contribution in [0.3, 0.4) is 0 Å². The number of nitrogens with one attached hydrogen (secondary N) is 1. The highest BCUT2D eigenvalue weighted by Crippen LogP contribution is 2.20. The molecule has 1 unspecified atom stereocenters. The van der Waals surface area contributed by atoms with Crippen molar-refractivity contribution < 1.29 is 9.32 Å². The molecule has 0 aliphatic heterocycles. The molecule has 26 heavy (non-hydrogen) atoms. The Morgan fingerprint density at radius 2 is 1.96 bits per heavy atom. The SMILES string of the molecule is CCc1ccc(C(CNC(=O)CSCc2c(C)noc2C)N(C)C)cc1. The first-order valence-electron chi connectivity index (χ1n) is 8.93. The highest BCUT2D eigenvalue weighted by atomic mass is 32.2. The van der Waals surface area contributed by atoms with E-state index in [-0.39, 0.29) is 11.9 Å². The number of hydrogen-bond donors (Lipinski definition) is 1. The maximum atomic E-state index is 12.2. The summed E-state index contributed by atoms with van der Waals surface area (Å²) in [6, 6.07) is 8.79. The summed E-state index contributed by atoms with van der Waals surface area (Å²) in [6.07, 6.45) is 1.03. The number of carbonyl (C=O) groups excluding carboxylic acids is 1. The molecule has 142 valence electrons. The van der Waals surface area contributed by atoms with Gasteiger partial charge in [0.05, 0.1) is 17.5 Å². The lowest BCUT2D eigenvalue weighted by molar-refractivity contribution is -0.118. The van der Waals surface area contributed by atoms with Crippen molar-refractivity contribution in [2.45, 2.75) is 39.0 Å². The fourth-order valence-electron chi connectivity index (χ4n) is 2.79. The van der Waals surface area contributed by atoms with E-state index in [9.17, 15) is 4.79 Å². The predicted molar refractivity (Wildman–Crippen MR) is 107 cm³/mol. The maximum Gasteiger partial charge on any atom is 0.230 e. The van der Waals surface area contributed by atoms with E-state index in [0.29, 0.717) is 12.3 Å². The minimum Gasteiger partial charge on any atom is -0.361 e. The van der Waals surface area contributed by atoms with Gasteiger partial charge < -0.3 is 14.7 Å². The van der Waals surface area contributed by atoms with Gasteiger partial charge in [-0.25, -0.2) is 0 Å². The Morgan fingerprint density at radius 3 is 2.50 bits per heavy atom. The van der Waals surface area contributed by atoms with Gasteiger partial charge in [-0.2, -0.15) is 0 Å². The molecule has 0 radical (unpaired) electrons. The van der Waals surface area contributed by atoms with Crippen LogP contribution in [0.25, 0.3) is 0 Å². The molecule has 0 fully saturated rings. The molecule has 0 aliphatic carbocycles. The Morgan fingerprint density at radius 1 is 1.27 bits per heavy atom. The number of nitrogens with zero attached hydrogens (tertiary/aromatic N) is 2. The summed E-state index contributed by atoms with van der Waals surface area (Å²) in [5, 5.41) is 7.00. The third-order valence-electron chi connectivity index (χ3n) is 4.55. The monoisotopic (exact) mass is 375 g/mol. The number of carbonyl (C=O) groups is 1.